The predicted octanol–water partition coefficient (Wildman–Crippen LogP) is 10.6. The van der Waals surface area contributed by atoms with Crippen LogP contribution in [0.4, 0.5) is 5.69 Å². The smallest absolute Gasteiger partial charge is 0.331 e. The summed E-state index contributed by atoms with van der Waals surface area (Å²) in [5.74, 6) is 0.713. The molecule has 0 aliphatic heterocycles. The fourth-order valence-electron chi connectivity index (χ4n) is 7.57. The summed E-state index contributed by atoms with van der Waals surface area (Å²) in [4.78, 5) is 39.3. The molecule has 48 heavy (non-hydrogen) atoms. The average molecular weight is 658 g/mol. The first-order valence-electron chi connectivity index (χ1n) is 18.8. The van der Waals surface area contributed by atoms with Crippen LogP contribution in [0.15, 0.2) is 24.3 Å². The number of aromatic amines is 1. The van der Waals surface area contributed by atoms with Crippen LogP contribution < -0.4 is 0 Å². The van der Waals surface area contributed by atoms with E-state index in [0.717, 1.165) is 62.5 Å². The van der Waals surface area contributed by atoms with E-state index in [-0.39, 0.29) is 46.4 Å². The highest BCUT2D eigenvalue weighted by molar-refractivity contribution is 6.11. The first-order valence-corrected chi connectivity index (χ1v) is 18.8. The molecule has 3 aromatic rings. The van der Waals surface area contributed by atoms with Gasteiger partial charge in [0.25, 0.3) is 5.91 Å². The number of fused-ring (bicyclic) bond motifs is 1. The van der Waals surface area contributed by atoms with E-state index >= 15 is 0 Å². The third-order valence-corrected chi connectivity index (χ3v) is 10.2. The number of carbonyl (C=O) groups is 2. The van der Waals surface area contributed by atoms with Crippen LogP contribution in [0.5, 0.6) is 0 Å². The minimum absolute atomic E-state index is 0.0274. The summed E-state index contributed by atoms with van der Waals surface area (Å²) >= 11 is 0. The van der Waals surface area contributed by atoms with Gasteiger partial charge in [0.1, 0.15) is 17.4 Å². The minimum Gasteiger partial charge on any atom is -0.459 e. The van der Waals surface area contributed by atoms with Crippen molar-refractivity contribution in [3.05, 3.63) is 52.5 Å². The third kappa shape index (κ3) is 9.30. The molecule has 2 heterocycles. The average Bonchev–Trinajstić information content (AvgIpc) is 3.61. The van der Waals surface area contributed by atoms with Crippen molar-refractivity contribution in [2.45, 2.75) is 138 Å². The number of benzene rings is 1. The summed E-state index contributed by atoms with van der Waals surface area (Å²) in [7, 11) is 0. The summed E-state index contributed by atoms with van der Waals surface area (Å²) < 4.78 is 7.81. The molecule has 0 bridgehead atoms. The molecule has 0 radical (unpaired) electrons. The zero-order valence-electron chi connectivity index (χ0n) is 30.4. The lowest BCUT2D eigenvalue weighted by Crippen LogP contribution is -2.37. The number of H-pyrrole nitrogens is 1. The quantitative estimate of drug-likeness (QED) is 0.0838. The van der Waals surface area contributed by atoms with E-state index in [1.54, 1.807) is 4.52 Å². The summed E-state index contributed by atoms with van der Waals surface area (Å²) in [6, 6.07) is 7.96. The summed E-state index contributed by atoms with van der Waals surface area (Å²) in [6.45, 7) is 22.5. The van der Waals surface area contributed by atoms with Crippen molar-refractivity contribution in [2.75, 3.05) is 13.1 Å². The van der Waals surface area contributed by atoms with E-state index in [2.05, 4.69) is 44.6 Å². The highest BCUT2D eigenvalue weighted by Crippen LogP contribution is 2.38. The number of hydrogen-bond acceptors (Lipinski definition) is 4. The Labute approximate surface area is 288 Å². The standard InChI is InChI=1S/C40H59N5O3/c1-8-10-12-14-16-18-24-44(25-19-17-15-13-11-9-2)39(46)35-34(41-7)33(40(47)48-36-30(5)26-29(4)27-31(36)6)38-42-37(43-45(35)38)32-22-20-28(3)21-23-32/h20-23,29-31,36H,8-19,24-27H2,1-6H3,(H,42,43). The molecule has 1 amide bonds. The second-order valence-electron chi connectivity index (χ2n) is 14.5. The Hall–Kier alpha value is -3.60. The highest BCUT2D eigenvalue weighted by Gasteiger charge is 2.38. The van der Waals surface area contributed by atoms with Crippen LogP contribution in [-0.2, 0) is 4.74 Å². The van der Waals surface area contributed by atoms with Gasteiger partial charge in [-0.25, -0.2) is 19.1 Å². The Bertz CT molecular complexity index is 1490. The molecule has 8 nitrogen and oxygen atoms in total. The summed E-state index contributed by atoms with van der Waals surface area (Å²) in [5, 5.41) is 3.30. The van der Waals surface area contributed by atoms with E-state index in [9.17, 15) is 9.59 Å². The van der Waals surface area contributed by atoms with Gasteiger partial charge in [-0.15, -0.1) is 0 Å². The monoisotopic (exact) mass is 657 g/mol. The maximum Gasteiger partial charge on any atom is 0.331 e. The molecular weight excluding hydrogens is 598 g/mol. The molecule has 2 aromatic heterocycles. The fourth-order valence-corrected chi connectivity index (χ4v) is 7.57. The SMILES string of the molecule is [C-]#[N+]c1c(C(=O)OC2C(C)CC(C)CC2C)c2nc(-c3ccc(C)cc3)[nH]n2c1C(=O)N(CCCCCCCC)CCCCCCCC. The van der Waals surface area contributed by atoms with Crippen LogP contribution in [0.3, 0.4) is 0 Å². The number of ether oxygens (including phenoxy) is 1. The van der Waals surface area contributed by atoms with Crippen LogP contribution in [0.2, 0.25) is 0 Å². The van der Waals surface area contributed by atoms with Gasteiger partial charge >= 0.3 is 5.97 Å². The van der Waals surface area contributed by atoms with E-state index in [1.165, 1.54) is 38.5 Å². The number of amides is 1. The van der Waals surface area contributed by atoms with E-state index in [1.807, 2.05) is 36.1 Å². The molecule has 1 N–H and O–H groups in total. The van der Waals surface area contributed by atoms with Gasteiger partial charge in [-0.2, -0.15) is 0 Å². The van der Waals surface area contributed by atoms with Crippen molar-refractivity contribution in [3.8, 4) is 11.4 Å². The van der Waals surface area contributed by atoms with Crippen molar-refractivity contribution < 1.29 is 14.3 Å². The summed E-state index contributed by atoms with van der Waals surface area (Å²) in [6.07, 6.45) is 15.3. The molecule has 2 unspecified atom stereocenters. The number of esters is 1. The molecule has 0 spiro atoms. The Morgan fingerprint density at radius 2 is 1.44 bits per heavy atom. The van der Waals surface area contributed by atoms with Gasteiger partial charge in [-0.1, -0.05) is 129 Å². The van der Waals surface area contributed by atoms with E-state index in [0.29, 0.717) is 24.8 Å². The molecule has 1 fully saturated rings. The van der Waals surface area contributed by atoms with Crippen molar-refractivity contribution in [2.24, 2.45) is 17.8 Å². The van der Waals surface area contributed by atoms with Crippen LogP contribution in [0, 0.1) is 31.2 Å². The number of carbonyl (C=O) groups excluding carboxylic acids is 2. The molecule has 0 saturated heterocycles. The van der Waals surface area contributed by atoms with Crippen molar-refractivity contribution in [1.29, 1.82) is 0 Å². The maximum absolute atomic E-state index is 14.6. The number of unbranched alkanes of at least 4 members (excludes halogenated alkanes) is 10. The predicted molar refractivity (Wildman–Crippen MR) is 195 cm³/mol. The summed E-state index contributed by atoms with van der Waals surface area (Å²) in [5.41, 5.74) is 2.52. The van der Waals surface area contributed by atoms with Crippen molar-refractivity contribution >= 4 is 23.2 Å². The Morgan fingerprint density at radius 3 is 1.98 bits per heavy atom. The molecule has 1 saturated carbocycles. The van der Waals surface area contributed by atoms with Gasteiger partial charge < -0.3 is 9.64 Å². The second-order valence-corrected chi connectivity index (χ2v) is 14.5. The number of aromatic nitrogens is 3. The van der Waals surface area contributed by atoms with Gasteiger partial charge in [0.05, 0.1) is 6.57 Å². The second kappa shape index (κ2) is 18.2. The van der Waals surface area contributed by atoms with Gasteiger partial charge in [-0.05, 0) is 50.4 Å². The van der Waals surface area contributed by atoms with E-state index in [4.69, 9.17) is 16.3 Å². The number of hydrogen-bond donors (Lipinski definition) is 1. The van der Waals surface area contributed by atoms with Crippen LogP contribution >= 0.6 is 0 Å². The van der Waals surface area contributed by atoms with Gasteiger partial charge in [0, 0.05) is 18.7 Å². The zero-order valence-corrected chi connectivity index (χ0v) is 30.4. The molecule has 262 valence electrons. The zero-order chi connectivity index (χ0) is 34.6. The number of aryl methyl sites for hydroxylation is 1. The molecule has 8 heteroatoms. The molecular formula is C40H59N5O3. The first-order chi connectivity index (χ1) is 23.2. The number of nitrogens with zero attached hydrogens (tertiary/aromatic N) is 4. The Balaban J connectivity index is 1.71. The molecule has 2 atom stereocenters. The van der Waals surface area contributed by atoms with Crippen LogP contribution in [0.1, 0.15) is 151 Å². The molecule has 1 aromatic carbocycles. The van der Waals surface area contributed by atoms with Gasteiger partial charge in [0.15, 0.2) is 11.5 Å². The van der Waals surface area contributed by atoms with Crippen LogP contribution in [-0.4, -0.2) is 50.6 Å². The molecule has 1 aliphatic rings. The lowest BCUT2D eigenvalue weighted by molar-refractivity contribution is -0.0249. The van der Waals surface area contributed by atoms with Gasteiger partial charge in [-0.3, -0.25) is 9.89 Å². The maximum atomic E-state index is 14.6. The lowest BCUT2D eigenvalue weighted by Gasteiger charge is -2.37. The lowest BCUT2D eigenvalue weighted by atomic mass is 9.75. The van der Waals surface area contributed by atoms with Crippen LogP contribution in [0.25, 0.3) is 21.9 Å². The third-order valence-electron chi connectivity index (χ3n) is 10.2. The number of nitrogens with one attached hydrogen (secondary N) is 1. The van der Waals surface area contributed by atoms with Crippen molar-refractivity contribution in [3.63, 3.8) is 0 Å². The molecule has 4 rings (SSSR count). The normalized spacial score (nSPS) is 19.4. The number of rotatable bonds is 18. The van der Waals surface area contributed by atoms with Gasteiger partial charge in [0.2, 0.25) is 5.69 Å². The van der Waals surface area contributed by atoms with Crippen molar-refractivity contribution in [1.82, 2.24) is 19.5 Å². The Morgan fingerprint density at radius 1 is 0.896 bits per heavy atom. The fraction of sp³-hybridized carbons (Fsp3) is 0.650. The first kappa shape index (κ1) is 37.2. The topological polar surface area (TPSA) is 84.1 Å². The largest absolute Gasteiger partial charge is 0.459 e. The molecule has 1 aliphatic carbocycles. The minimum atomic E-state index is -0.573. The highest BCUT2D eigenvalue weighted by atomic mass is 16.5. The Kier molecular flexibility index (Phi) is 14.1. The van der Waals surface area contributed by atoms with E-state index < -0.39 is 5.97 Å².